The van der Waals surface area contributed by atoms with Gasteiger partial charge in [-0.2, -0.15) is 5.26 Å². The third-order valence-corrected chi connectivity index (χ3v) is 2.21. The zero-order valence-corrected chi connectivity index (χ0v) is 7.39. The number of unbranched alkanes of at least 4 members (excludes halogenated alkanes) is 1. The fourth-order valence-corrected chi connectivity index (χ4v) is 1.06. The number of hydrogen-bond donors (Lipinski definition) is 1. The number of carbonyl (C=O) groups excluding carboxylic acids is 1. The maximum atomic E-state index is 11.3. The molecular formula is C9H14N2O. The van der Waals surface area contributed by atoms with Crippen LogP contribution < -0.4 is 5.32 Å². The van der Waals surface area contributed by atoms with Crippen molar-refractivity contribution in [2.75, 3.05) is 6.54 Å². The molecule has 0 atom stereocenters. The van der Waals surface area contributed by atoms with Crippen LogP contribution in [-0.4, -0.2) is 12.5 Å². The minimum atomic E-state index is -0.645. The molecule has 0 unspecified atom stereocenters. The average molecular weight is 166 g/mol. The van der Waals surface area contributed by atoms with Crippen molar-refractivity contribution in [3.63, 3.8) is 0 Å². The van der Waals surface area contributed by atoms with Crippen molar-refractivity contribution in [2.45, 2.75) is 32.6 Å². The molecule has 0 saturated heterocycles. The molecule has 3 nitrogen and oxygen atoms in total. The molecule has 0 radical (unpaired) electrons. The standard InChI is InChI=1S/C9H14N2O/c1-2-3-6-11-8(12)9(7-10)4-5-9/h2-6H2,1H3,(H,11,12). The van der Waals surface area contributed by atoms with E-state index in [0.29, 0.717) is 6.54 Å². The zero-order chi connectivity index (χ0) is 9.03. The minimum absolute atomic E-state index is 0.0709. The number of nitriles is 1. The largest absolute Gasteiger partial charge is 0.355 e. The van der Waals surface area contributed by atoms with E-state index in [1.165, 1.54) is 0 Å². The molecule has 1 amide bonds. The summed E-state index contributed by atoms with van der Waals surface area (Å²) in [7, 11) is 0. The summed E-state index contributed by atoms with van der Waals surface area (Å²) in [4.78, 5) is 11.3. The van der Waals surface area contributed by atoms with Gasteiger partial charge in [-0.15, -0.1) is 0 Å². The van der Waals surface area contributed by atoms with Crippen LogP contribution in [0.2, 0.25) is 0 Å². The molecule has 0 heterocycles. The van der Waals surface area contributed by atoms with Gasteiger partial charge in [-0.1, -0.05) is 13.3 Å². The van der Waals surface area contributed by atoms with E-state index in [0.717, 1.165) is 25.7 Å². The van der Waals surface area contributed by atoms with Crippen LogP contribution in [0, 0.1) is 16.7 Å². The van der Waals surface area contributed by atoms with Crippen molar-refractivity contribution >= 4 is 5.91 Å². The highest BCUT2D eigenvalue weighted by atomic mass is 16.2. The van der Waals surface area contributed by atoms with Gasteiger partial charge in [0, 0.05) is 6.54 Å². The summed E-state index contributed by atoms with van der Waals surface area (Å²) in [5, 5.41) is 11.4. The fraction of sp³-hybridized carbons (Fsp3) is 0.778. The van der Waals surface area contributed by atoms with Gasteiger partial charge in [0.05, 0.1) is 6.07 Å². The van der Waals surface area contributed by atoms with Gasteiger partial charge in [0.25, 0.3) is 0 Å². The highest BCUT2D eigenvalue weighted by molar-refractivity contribution is 5.88. The molecule has 1 aliphatic carbocycles. The molecular weight excluding hydrogens is 152 g/mol. The van der Waals surface area contributed by atoms with Crippen molar-refractivity contribution in [3.05, 3.63) is 0 Å². The molecule has 0 bridgehead atoms. The van der Waals surface area contributed by atoms with Gasteiger partial charge in [0.1, 0.15) is 5.41 Å². The minimum Gasteiger partial charge on any atom is -0.355 e. The predicted octanol–water partition coefficient (Wildman–Crippen LogP) is 1.21. The Kier molecular flexibility index (Phi) is 2.69. The second-order valence-electron chi connectivity index (χ2n) is 3.30. The first-order valence-electron chi connectivity index (χ1n) is 4.45. The molecule has 1 fully saturated rings. The number of nitrogens with zero attached hydrogens (tertiary/aromatic N) is 1. The smallest absolute Gasteiger partial charge is 0.240 e. The van der Waals surface area contributed by atoms with E-state index in [1.807, 2.05) is 0 Å². The fourth-order valence-electron chi connectivity index (χ4n) is 1.06. The van der Waals surface area contributed by atoms with Gasteiger partial charge in [0.2, 0.25) is 5.91 Å². The molecule has 66 valence electrons. The highest BCUT2D eigenvalue weighted by Gasteiger charge is 2.50. The summed E-state index contributed by atoms with van der Waals surface area (Å²) in [5.41, 5.74) is -0.645. The zero-order valence-electron chi connectivity index (χ0n) is 7.39. The molecule has 3 heteroatoms. The van der Waals surface area contributed by atoms with E-state index in [2.05, 4.69) is 18.3 Å². The molecule has 1 N–H and O–H groups in total. The lowest BCUT2D eigenvalue weighted by atomic mass is 10.1. The quantitative estimate of drug-likeness (QED) is 0.638. The third kappa shape index (κ3) is 1.76. The summed E-state index contributed by atoms with van der Waals surface area (Å²) in [6.45, 7) is 2.78. The van der Waals surface area contributed by atoms with E-state index in [1.54, 1.807) is 0 Å². The summed E-state index contributed by atoms with van der Waals surface area (Å²) in [6, 6.07) is 2.07. The first-order valence-corrected chi connectivity index (χ1v) is 4.45. The van der Waals surface area contributed by atoms with E-state index < -0.39 is 5.41 Å². The molecule has 1 rings (SSSR count). The SMILES string of the molecule is CCCCNC(=O)C1(C#N)CC1. The Morgan fingerprint density at radius 2 is 2.33 bits per heavy atom. The lowest BCUT2D eigenvalue weighted by Gasteiger charge is -2.06. The Labute approximate surface area is 72.8 Å². The topological polar surface area (TPSA) is 52.9 Å². The molecule has 0 spiro atoms. The lowest BCUT2D eigenvalue weighted by molar-refractivity contribution is -0.124. The molecule has 1 saturated carbocycles. The number of hydrogen-bond acceptors (Lipinski definition) is 2. The van der Waals surface area contributed by atoms with Crippen LogP contribution in [0.25, 0.3) is 0 Å². The van der Waals surface area contributed by atoms with Gasteiger partial charge in [0.15, 0.2) is 0 Å². The maximum absolute atomic E-state index is 11.3. The van der Waals surface area contributed by atoms with Crippen molar-refractivity contribution in [1.29, 1.82) is 5.26 Å². The normalized spacial score (nSPS) is 18.0. The number of carbonyl (C=O) groups is 1. The lowest BCUT2D eigenvalue weighted by Crippen LogP contribution is -2.31. The second kappa shape index (κ2) is 3.57. The van der Waals surface area contributed by atoms with Gasteiger partial charge >= 0.3 is 0 Å². The van der Waals surface area contributed by atoms with E-state index in [4.69, 9.17) is 5.26 Å². The van der Waals surface area contributed by atoms with Crippen LogP contribution in [0.15, 0.2) is 0 Å². The van der Waals surface area contributed by atoms with E-state index >= 15 is 0 Å². The second-order valence-corrected chi connectivity index (χ2v) is 3.30. The Hall–Kier alpha value is -1.04. The van der Waals surface area contributed by atoms with Crippen LogP contribution >= 0.6 is 0 Å². The number of rotatable bonds is 4. The average Bonchev–Trinajstić information content (AvgIpc) is 2.85. The Balaban J connectivity index is 2.26. The van der Waals surface area contributed by atoms with Crippen LogP contribution in [0.3, 0.4) is 0 Å². The summed E-state index contributed by atoms with van der Waals surface area (Å²) in [5.74, 6) is -0.0709. The van der Waals surface area contributed by atoms with Crippen LogP contribution in [-0.2, 0) is 4.79 Å². The number of amides is 1. The third-order valence-electron chi connectivity index (χ3n) is 2.21. The summed E-state index contributed by atoms with van der Waals surface area (Å²) >= 11 is 0. The van der Waals surface area contributed by atoms with Crippen molar-refractivity contribution < 1.29 is 4.79 Å². The van der Waals surface area contributed by atoms with Crippen molar-refractivity contribution in [3.8, 4) is 6.07 Å². The van der Waals surface area contributed by atoms with Crippen molar-refractivity contribution in [1.82, 2.24) is 5.32 Å². The highest BCUT2D eigenvalue weighted by Crippen LogP contribution is 2.44. The van der Waals surface area contributed by atoms with Crippen LogP contribution in [0.4, 0.5) is 0 Å². The van der Waals surface area contributed by atoms with Crippen molar-refractivity contribution in [2.24, 2.45) is 5.41 Å². The van der Waals surface area contributed by atoms with Crippen LogP contribution in [0.5, 0.6) is 0 Å². The molecule has 1 aliphatic rings. The molecule has 0 aromatic rings. The maximum Gasteiger partial charge on any atom is 0.240 e. The number of nitrogens with one attached hydrogen (secondary N) is 1. The van der Waals surface area contributed by atoms with E-state index in [-0.39, 0.29) is 5.91 Å². The van der Waals surface area contributed by atoms with Gasteiger partial charge in [-0.05, 0) is 19.3 Å². The van der Waals surface area contributed by atoms with Gasteiger partial charge in [-0.25, -0.2) is 0 Å². The first-order chi connectivity index (χ1) is 5.75. The molecule has 0 aromatic heterocycles. The Morgan fingerprint density at radius 3 is 2.75 bits per heavy atom. The monoisotopic (exact) mass is 166 g/mol. The first kappa shape index (κ1) is 9.05. The Bertz CT molecular complexity index is 213. The summed E-state index contributed by atoms with van der Waals surface area (Å²) < 4.78 is 0. The predicted molar refractivity (Wildman–Crippen MR) is 45.2 cm³/mol. The van der Waals surface area contributed by atoms with Gasteiger partial charge < -0.3 is 5.32 Å². The molecule has 0 aliphatic heterocycles. The van der Waals surface area contributed by atoms with Crippen LogP contribution in [0.1, 0.15) is 32.6 Å². The van der Waals surface area contributed by atoms with Gasteiger partial charge in [-0.3, -0.25) is 4.79 Å². The molecule has 12 heavy (non-hydrogen) atoms. The Morgan fingerprint density at radius 1 is 1.67 bits per heavy atom. The molecule has 0 aromatic carbocycles. The summed E-state index contributed by atoms with van der Waals surface area (Å²) in [6.07, 6.45) is 3.54. The van der Waals surface area contributed by atoms with E-state index in [9.17, 15) is 4.79 Å².